The van der Waals surface area contributed by atoms with Crippen molar-refractivity contribution in [1.82, 2.24) is 9.55 Å². The van der Waals surface area contributed by atoms with Crippen LogP contribution in [-0.4, -0.2) is 20.6 Å². The number of carboxylic acid groups (broad SMARTS) is 1. The molecule has 21 heavy (non-hydrogen) atoms. The van der Waals surface area contributed by atoms with E-state index in [1.165, 1.54) is 44.3 Å². The van der Waals surface area contributed by atoms with Crippen LogP contribution in [0.2, 0.25) is 0 Å². The van der Waals surface area contributed by atoms with Crippen LogP contribution in [0.1, 0.15) is 60.6 Å². The fourth-order valence-electron chi connectivity index (χ4n) is 3.11. The molecule has 0 amide bonds. The second-order valence-corrected chi connectivity index (χ2v) is 6.49. The summed E-state index contributed by atoms with van der Waals surface area (Å²) in [6.07, 6.45) is 7.69. The number of aromatic carboxylic acids is 1. The first kappa shape index (κ1) is 12.9. The molecule has 2 aliphatic carbocycles. The zero-order valence-electron chi connectivity index (χ0n) is 12.1. The number of fused-ring (bicyclic) bond motifs is 1. The molecule has 2 aromatic rings. The maximum absolute atomic E-state index is 11.2. The number of aryl methyl sites for hydroxylation is 1. The lowest BCUT2D eigenvalue weighted by molar-refractivity contribution is 0.0697. The Kier molecular flexibility index (Phi) is 2.98. The van der Waals surface area contributed by atoms with Gasteiger partial charge in [-0.3, -0.25) is 0 Å². The molecule has 4 nitrogen and oxygen atoms in total. The van der Waals surface area contributed by atoms with Gasteiger partial charge in [-0.05, 0) is 49.8 Å². The quantitative estimate of drug-likeness (QED) is 0.877. The molecule has 2 saturated carbocycles. The third-order valence-electron chi connectivity index (χ3n) is 4.66. The average molecular weight is 284 g/mol. The molecule has 1 N–H and O–H groups in total. The van der Waals surface area contributed by atoms with E-state index in [2.05, 4.69) is 4.57 Å². The Morgan fingerprint density at radius 1 is 1.29 bits per heavy atom. The molecule has 0 atom stereocenters. The molecule has 1 heterocycles. The van der Waals surface area contributed by atoms with Crippen LogP contribution in [0.25, 0.3) is 11.0 Å². The van der Waals surface area contributed by atoms with Gasteiger partial charge in [0.05, 0.1) is 16.6 Å². The van der Waals surface area contributed by atoms with Crippen LogP contribution < -0.4 is 0 Å². The molecule has 0 radical (unpaired) electrons. The highest BCUT2D eigenvalue weighted by Gasteiger charge is 2.30. The van der Waals surface area contributed by atoms with Gasteiger partial charge in [0.25, 0.3) is 0 Å². The highest BCUT2D eigenvalue weighted by molar-refractivity contribution is 5.92. The summed E-state index contributed by atoms with van der Waals surface area (Å²) < 4.78 is 2.28. The van der Waals surface area contributed by atoms with Crippen LogP contribution >= 0.6 is 0 Å². The summed E-state index contributed by atoms with van der Waals surface area (Å²) in [6.45, 7) is 0.974. The number of hydrogen-bond donors (Lipinski definition) is 1. The van der Waals surface area contributed by atoms with E-state index < -0.39 is 5.97 Å². The fraction of sp³-hybridized carbons (Fsp3) is 0.529. The van der Waals surface area contributed by atoms with Crippen molar-refractivity contribution in [2.75, 3.05) is 0 Å². The predicted molar refractivity (Wildman–Crippen MR) is 80.6 cm³/mol. The Bertz CT molecular complexity index is 696. The van der Waals surface area contributed by atoms with Gasteiger partial charge in [0, 0.05) is 12.5 Å². The van der Waals surface area contributed by atoms with E-state index in [-0.39, 0.29) is 0 Å². The number of carbonyl (C=O) groups is 1. The van der Waals surface area contributed by atoms with Crippen LogP contribution in [0.4, 0.5) is 0 Å². The van der Waals surface area contributed by atoms with Crippen LogP contribution in [0.5, 0.6) is 0 Å². The van der Waals surface area contributed by atoms with Gasteiger partial charge >= 0.3 is 5.97 Å². The highest BCUT2D eigenvalue weighted by atomic mass is 16.4. The van der Waals surface area contributed by atoms with Crippen molar-refractivity contribution in [3.8, 4) is 0 Å². The van der Waals surface area contributed by atoms with Crippen molar-refractivity contribution < 1.29 is 9.90 Å². The van der Waals surface area contributed by atoms with Gasteiger partial charge in [-0.15, -0.1) is 0 Å². The van der Waals surface area contributed by atoms with Gasteiger partial charge in [-0.25, -0.2) is 9.78 Å². The van der Waals surface area contributed by atoms with E-state index in [4.69, 9.17) is 4.98 Å². The number of benzene rings is 1. The molecule has 4 heteroatoms. The van der Waals surface area contributed by atoms with E-state index in [9.17, 15) is 9.90 Å². The largest absolute Gasteiger partial charge is 0.478 e. The first-order chi connectivity index (χ1) is 10.2. The number of rotatable bonds is 6. The van der Waals surface area contributed by atoms with Gasteiger partial charge in [-0.2, -0.15) is 0 Å². The summed E-state index contributed by atoms with van der Waals surface area (Å²) in [5, 5.41) is 9.19. The van der Waals surface area contributed by atoms with Crippen molar-refractivity contribution in [2.45, 2.75) is 51.0 Å². The van der Waals surface area contributed by atoms with Crippen LogP contribution in [0, 0.1) is 5.92 Å². The predicted octanol–water partition coefficient (Wildman–Crippen LogP) is 3.80. The molecule has 0 aliphatic heterocycles. The summed E-state index contributed by atoms with van der Waals surface area (Å²) in [6, 6.07) is 5.29. The van der Waals surface area contributed by atoms with Gasteiger partial charge < -0.3 is 9.67 Å². The third kappa shape index (κ3) is 2.55. The number of hydrogen-bond acceptors (Lipinski definition) is 2. The Balaban J connectivity index is 1.69. The Labute approximate surface area is 123 Å². The van der Waals surface area contributed by atoms with E-state index in [0.29, 0.717) is 11.5 Å². The van der Waals surface area contributed by atoms with Gasteiger partial charge in [0.1, 0.15) is 5.82 Å². The third-order valence-corrected chi connectivity index (χ3v) is 4.66. The zero-order valence-corrected chi connectivity index (χ0v) is 12.1. The number of imidazole rings is 1. The first-order valence-electron chi connectivity index (χ1n) is 7.96. The van der Waals surface area contributed by atoms with Gasteiger partial charge in [-0.1, -0.05) is 12.8 Å². The Morgan fingerprint density at radius 3 is 2.76 bits per heavy atom. The molecule has 0 saturated heterocycles. The zero-order chi connectivity index (χ0) is 14.4. The summed E-state index contributed by atoms with van der Waals surface area (Å²) in [5.74, 6) is 1.84. The highest BCUT2D eigenvalue weighted by Crippen LogP contribution is 2.41. The molecule has 4 rings (SSSR count). The van der Waals surface area contributed by atoms with Crippen LogP contribution in [0.3, 0.4) is 0 Å². The van der Waals surface area contributed by atoms with Gasteiger partial charge in [0.15, 0.2) is 0 Å². The van der Waals surface area contributed by atoms with Crippen molar-refractivity contribution in [3.05, 3.63) is 29.6 Å². The van der Waals surface area contributed by atoms with E-state index in [1.54, 1.807) is 12.1 Å². The smallest absolute Gasteiger partial charge is 0.335 e. The lowest BCUT2D eigenvalue weighted by Gasteiger charge is -2.08. The molecule has 0 unspecified atom stereocenters. The maximum Gasteiger partial charge on any atom is 0.335 e. The summed E-state index contributed by atoms with van der Waals surface area (Å²) >= 11 is 0. The minimum atomic E-state index is -0.865. The molecule has 0 spiro atoms. The second kappa shape index (κ2) is 4.86. The number of nitrogens with zero attached hydrogens (tertiary/aromatic N) is 2. The average Bonchev–Trinajstić information content (AvgIpc) is 3.37. The minimum absolute atomic E-state index is 0.355. The number of carboxylic acids is 1. The molecular formula is C17H20N2O2. The van der Waals surface area contributed by atoms with Crippen LogP contribution in [0.15, 0.2) is 18.2 Å². The topological polar surface area (TPSA) is 55.1 Å². The Hall–Kier alpha value is -1.84. The molecule has 2 fully saturated rings. The first-order valence-corrected chi connectivity index (χ1v) is 7.96. The van der Waals surface area contributed by atoms with E-state index in [1.807, 2.05) is 6.07 Å². The summed E-state index contributed by atoms with van der Waals surface area (Å²) in [5.41, 5.74) is 2.29. The molecule has 110 valence electrons. The van der Waals surface area contributed by atoms with Gasteiger partial charge in [0.2, 0.25) is 0 Å². The maximum atomic E-state index is 11.2. The summed E-state index contributed by atoms with van der Waals surface area (Å²) in [4.78, 5) is 15.9. The minimum Gasteiger partial charge on any atom is -0.478 e. The monoisotopic (exact) mass is 284 g/mol. The molecular weight excluding hydrogens is 264 g/mol. The van der Waals surface area contributed by atoms with E-state index >= 15 is 0 Å². The SMILES string of the molecule is O=C(O)c1ccc2nc(C3CC3)n(CCCC3CC3)c2c1. The lowest BCUT2D eigenvalue weighted by atomic mass is 10.2. The number of aromatic nitrogens is 2. The lowest BCUT2D eigenvalue weighted by Crippen LogP contribution is -2.04. The van der Waals surface area contributed by atoms with E-state index in [0.717, 1.165) is 23.5 Å². The van der Waals surface area contributed by atoms with Crippen molar-refractivity contribution in [1.29, 1.82) is 0 Å². The van der Waals surface area contributed by atoms with Crippen molar-refractivity contribution in [3.63, 3.8) is 0 Å². The molecule has 1 aromatic heterocycles. The van der Waals surface area contributed by atoms with Crippen molar-refractivity contribution in [2.24, 2.45) is 5.92 Å². The fourth-order valence-corrected chi connectivity index (χ4v) is 3.11. The second-order valence-electron chi connectivity index (χ2n) is 6.49. The molecule has 2 aliphatic rings. The van der Waals surface area contributed by atoms with Crippen molar-refractivity contribution >= 4 is 17.0 Å². The van der Waals surface area contributed by atoms with Crippen LogP contribution in [-0.2, 0) is 6.54 Å². The molecule has 1 aromatic carbocycles. The standard InChI is InChI=1S/C17H20N2O2/c20-17(21)13-7-8-14-15(10-13)19(9-1-2-11-3-4-11)16(18-14)12-5-6-12/h7-8,10-12H,1-6,9H2,(H,20,21). The normalized spacial score (nSPS) is 18.3. The summed E-state index contributed by atoms with van der Waals surface area (Å²) in [7, 11) is 0. The molecule has 0 bridgehead atoms. The Morgan fingerprint density at radius 2 is 2.10 bits per heavy atom.